The molecule has 3 rings (SSSR count). The number of halogens is 1. The molecule has 124 valence electrons. The Morgan fingerprint density at radius 3 is 2.96 bits per heavy atom. The topological polar surface area (TPSA) is 66.1 Å². The summed E-state index contributed by atoms with van der Waals surface area (Å²) in [5, 5.41) is 0. The molecule has 1 aromatic heterocycles. The van der Waals surface area contributed by atoms with E-state index in [4.69, 9.17) is 0 Å². The summed E-state index contributed by atoms with van der Waals surface area (Å²) in [5.41, 5.74) is 2.33. The van der Waals surface area contributed by atoms with E-state index in [1.165, 1.54) is 16.4 Å². The first-order valence-corrected chi connectivity index (χ1v) is 9.42. The van der Waals surface area contributed by atoms with Crippen LogP contribution in [-0.4, -0.2) is 35.0 Å². The van der Waals surface area contributed by atoms with Gasteiger partial charge in [-0.25, -0.2) is 17.8 Å². The number of fused-ring (bicyclic) bond motifs is 1. The van der Waals surface area contributed by atoms with Crippen molar-refractivity contribution in [2.24, 2.45) is 0 Å². The van der Waals surface area contributed by atoms with E-state index in [0.717, 1.165) is 17.8 Å². The van der Waals surface area contributed by atoms with E-state index in [0.29, 0.717) is 37.3 Å². The predicted molar refractivity (Wildman–Crippen MR) is 86.8 cm³/mol. The van der Waals surface area contributed by atoms with Gasteiger partial charge in [0.15, 0.2) is 0 Å². The van der Waals surface area contributed by atoms with Gasteiger partial charge in [-0.05, 0) is 18.6 Å². The molecule has 1 aliphatic rings. The van der Waals surface area contributed by atoms with E-state index in [9.17, 15) is 12.8 Å². The van der Waals surface area contributed by atoms with Crippen molar-refractivity contribution < 1.29 is 12.8 Å². The van der Waals surface area contributed by atoms with Crippen LogP contribution in [-0.2, 0) is 23.0 Å². The standard InChI is InChI=1S/C16H20FN3O2S/c1-2-3-9-23(21,22)20-8-7-14-15(11-20)19-16(18-14)12-5-4-6-13(17)10-12/h4-6,10H,2-3,7-9,11H2,1H3,(H,18,19). The molecule has 0 spiro atoms. The van der Waals surface area contributed by atoms with E-state index in [2.05, 4.69) is 9.97 Å². The number of nitrogens with zero attached hydrogens (tertiary/aromatic N) is 2. The van der Waals surface area contributed by atoms with Gasteiger partial charge >= 0.3 is 0 Å². The molecule has 0 fully saturated rings. The van der Waals surface area contributed by atoms with Crippen molar-refractivity contribution in [3.8, 4) is 11.4 Å². The molecule has 1 N–H and O–H groups in total. The van der Waals surface area contributed by atoms with Crippen LogP contribution in [0.2, 0.25) is 0 Å². The van der Waals surface area contributed by atoms with Crippen molar-refractivity contribution in [2.75, 3.05) is 12.3 Å². The molecular formula is C16H20FN3O2S. The Hall–Kier alpha value is -1.73. The van der Waals surface area contributed by atoms with Crippen molar-refractivity contribution in [3.63, 3.8) is 0 Å². The lowest BCUT2D eigenvalue weighted by atomic mass is 10.2. The number of rotatable bonds is 5. The summed E-state index contributed by atoms with van der Waals surface area (Å²) in [4.78, 5) is 7.65. The highest BCUT2D eigenvalue weighted by Crippen LogP contribution is 2.24. The third-order valence-corrected chi connectivity index (χ3v) is 5.95. The average Bonchev–Trinajstić information content (AvgIpc) is 2.96. The van der Waals surface area contributed by atoms with Gasteiger partial charge in [-0.1, -0.05) is 25.5 Å². The van der Waals surface area contributed by atoms with Gasteiger partial charge in [0.2, 0.25) is 10.0 Å². The molecule has 0 radical (unpaired) electrons. The SMILES string of the molecule is CCCCS(=O)(=O)N1CCc2nc(-c3cccc(F)c3)[nH]c2C1. The molecule has 0 bridgehead atoms. The van der Waals surface area contributed by atoms with Gasteiger partial charge in [-0.15, -0.1) is 0 Å². The number of hydrogen-bond acceptors (Lipinski definition) is 3. The number of aromatic nitrogens is 2. The molecule has 7 heteroatoms. The Morgan fingerprint density at radius 1 is 1.39 bits per heavy atom. The highest BCUT2D eigenvalue weighted by atomic mass is 32.2. The minimum atomic E-state index is -3.22. The fraction of sp³-hybridized carbons (Fsp3) is 0.438. The molecule has 1 aromatic carbocycles. The quantitative estimate of drug-likeness (QED) is 0.912. The van der Waals surface area contributed by atoms with Crippen molar-refractivity contribution in [2.45, 2.75) is 32.7 Å². The lowest BCUT2D eigenvalue weighted by molar-refractivity contribution is 0.385. The number of H-pyrrole nitrogens is 1. The second kappa shape index (κ2) is 6.41. The van der Waals surface area contributed by atoms with Crippen molar-refractivity contribution in [1.82, 2.24) is 14.3 Å². The van der Waals surface area contributed by atoms with Crippen molar-refractivity contribution >= 4 is 10.0 Å². The molecule has 5 nitrogen and oxygen atoms in total. The normalized spacial score (nSPS) is 15.6. The zero-order valence-corrected chi connectivity index (χ0v) is 13.9. The Bertz CT molecular complexity index is 801. The average molecular weight is 337 g/mol. The number of benzene rings is 1. The minimum Gasteiger partial charge on any atom is -0.341 e. The van der Waals surface area contributed by atoms with E-state index in [-0.39, 0.29) is 11.6 Å². The van der Waals surface area contributed by atoms with Crippen LogP contribution in [0.3, 0.4) is 0 Å². The summed E-state index contributed by atoms with van der Waals surface area (Å²) in [6, 6.07) is 6.21. The Balaban J connectivity index is 1.82. The van der Waals surface area contributed by atoms with Crippen LogP contribution in [0.1, 0.15) is 31.2 Å². The summed E-state index contributed by atoms with van der Waals surface area (Å²) in [6.07, 6.45) is 2.10. The summed E-state index contributed by atoms with van der Waals surface area (Å²) < 4.78 is 39.5. The van der Waals surface area contributed by atoms with Gasteiger partial charge in [-0.3, -0.25) is 0 Å². The van der Waals surface area contributed by atoms with Crippen LogP contribution in [0.5, 0.6) is 0 Å². The number of unbranched alkanes of at least 4 members (excludes halogenated alkanes) is 1. The first-order valence-electron chi connectivity index (χ1n) is 7.81. The maximum Gasteiger partial charge on any atom is 0.214 e. The van der Waals surface area contributed by atoms with E-state index < -0.39 is 10.0 Å². The van der Waals surface area contributed by atoms with Gasteiger partial charge in [-0.2, -0.15) is 4.31 Å². The van der Waals surface area contributed by atoms with E-state index in [1.54, 1.807) is 12.1 Å². The molecule has 2 aromatic rings. The molecule has 0 saturated carbocycles. The lowest BCUT2D eigenvalue weighted by Gasteiger charge is -2.25. The summed E-state index contributed by atoms with van der Waals surface area (Å²) in [6.45, 7) is 2.74. The molecule has 23 heavy (non-hydrogen) atoms. The number of nitrogens with one attached hydrogen (secondary N) is 1. The Labute approximate surface area is 135 Å². The van der Waals surface area contributed by atoms with Crippen LogP contribution in [0, 0.1) is 5.82 Å². The monoisotopic (exact) mass is 337 g/mol. The third-order valence-electron chi connectivity index (χ3n) is 4.04. The molecule has 0 atom stereocenters. The maximum atomic E-state index is 13.3. The van der Waals surface area contributed by atoms with Gasteiger partial charge < -0.3 is 4.98 Å². The largest absolute Gasteiger partial charge is 0.341 e. The second-order valence-electron chi connectivity index (χ2n) is 5.77. The molecule has 0 saturated heterocycles. The molecule has 2 heterocycles. The van der Waals surface area contributed by atoms with Crippen LogP contribution >= 0.6 is 0 Å². The fourth-order valence-corrected chi connectivity index (χ4v) is 4.34. The van der Waals surface area contributed by atoms with Gasteiger partial charge in [0.05, 0.1) is 23.7 Å². The maximum absolute atomic E-state index is 13.3. The number of hydrogen-bond donors (Lipinski definition) is 1. The summed E-state index contributed by atoms with van der Waals surface area (Å²) in [5.74, 6) is 0.451. The second-order valence-corrected chi connectivity index (χ2v) is 7.86. The zero-order chi connectivity index (χ0) is 16.4. The fourth-order valence-electron chi connectivity index (χ4n) is 2.73. The van der Waals surface area contributed by atoms with Crippen molar-refractivity contribution in [1.29, 1.82) is 0 Å². The smallest absolute Gasteiger partial charge is 0.214 e. The molecular weight excluding hydrogens is 317 g/mol. The van der Waals surface area contributed by atoms with E-state index in [1.807, 2.05) is 6.92 Å². The Morgan fingerprint density at radius 2 is 2.22 bits per heavy atom. The molecule has 0 amide bonds. The first-order chi connectivity index (χ1) is 11.0. The summed E-state index contributed by atoms with van der Waals surface area (Å²) in [7, 11) is -3.22. The van der Waals surface area contributed by atoms with Crippen LogP contribution in [0.4, 0.5) is 4.39 Å². The highest BCUT2D eigenvalue weighted by Gasteiger charge is 2.28. The predicted octanol–water partition coefficient (Wildman–Crippen LogP) is 2.70. The number of imidazole rings is 1. The van der Waals surface area contributed by atoms with E-state index >= 15 is 0 Å². The zero-order valence-electron chi connectivity index (χ0n) is 13.0. The van der Waals surface area contributed by atoms with Crippen LogP contribution in [0.25, 0.3) is 11.4 Å². The third kappa shape index (κ3) is 3.45. The van der Waals surface area contributed by atoms with Gasteiger partial charge in [0.25, 0.3) is 0 Å². The first kappa shape index (κ1) is 16.1. The van der Waals surface area contributed by atoms with Crippen LogP contribution in [0.15, 0.2) is 24.3 Å². The number of sulfonamides is 1. The van der Waals surface area contributed by atoms with Gasteiger partial charge in [0, 0.05) is 18.5 Å². The van der Waals surface area contributed by atoms with Crippen LogP contribution < -0.4 is 0 Å². The molecule has 0 unspecified atom stereocenters. The minimum absolute atomic E-state index is 0.184. The molecule has 1 aliphatic heterocycles. The Kier molecular flexibility index (Phi) is 4.50. The summed E-state index contributed by atoms with van der Waals surface area (Å²) >= 11 is 0. The highest BCUT2D eigenvalue weighted by molar-refractivity contribution is 7.89. The number of aromatic amines is 1. The van der Waals surface area contributed by atoms with Gasteiger partial charge in [0.1, 0.15) is 11.6 Å². The van der Waals surface area contributed by atoms with Crippen molar-refractivity contribution in [3.05, 3.63) is 41.5 Å². The lowest BCUT2D eigenvalue weighted by Crippen LogP contribution is -2.37. The molecule has 0 aliphatic carbocycles.